The highest BCUT2D eigenvalue weighted by Crippen LogP contribution is 2.27. The number of hydrogen-bond donors (Lipinski definition) is 1. The maximum absolute atomic E-state index is 12.5. The molecule has 0 bridgehead atoms. The first-order valence-corrected chi connectivity index (χ1v) is 8.13. The summed E-state index contributed by atoms with van der Waals surface area (Å²) >= 11 is 0. The Hall–Kier alpha value is -2.49. The molecule has 0 radical (unpaired) electrons. The third kappa shape index (κ3) is 4.28. The Balaban J connectivity index is 2.09. The zero-order valence-corrected chi connectivity index (χ0v) is 14.9. The molecule has 0 heterocycles. The van der Waals surface area contributed by atoms with Gasteiger partial charge in [-0.2, -0.15) is 0 Å². The van der Waals surface area contributed by atoms with E-state index < -0.39 is 6.10 Å². The van der Waals surface area contributed by atoms with Crippen molar-refractivity contribution in [2.75, 3.05) is 12.4 Å². The van der Waals surface area contributed by atoms with E-state index in [4.69, 9.17) is 9.47 Å². The van der Waals surface area contributed by atoms with E-state index in [-0.39, 0.29) is 5.91 Å². The zero-order valence-electron chi connectivity index (χ0n) is 14.9. The lowest BCUT2D eigenvalue weighted by molar-refractivity contribution is -0.122. The van der Waals surface area contributed by atoms with Crippen LogP contribution in [0.2, 0.25) is 0 Å². The van der Waals surface area contributed by atoms with Gasteiger partial charge in [-0.3, -0.25) is 4.79 Å². The second kappa shape index (κ2) is 7.86. The van der Waals surface area contributed by atoms with E-state index in [1.165, 1.54) is 0 Å². The van der Waals surface area contributed by atoms with E-state index >= 15 is 0 Å². The second-order valence-corrected chi connectivity index (χ2v) is 6.12. The number of benzene rings is 2. The fourth-order valence-corrected chi connectivity index (χ4v) is 2.48. The van der Waals surface area contributed by atoms with Crippen molar-refractivity contribution in [2.24, 2.45) is 0 Å². The molecule has 24 heavy (non-hydrogen) atoms. The first-order chi connectivity index (χ1) is 11.4. The van der Waals surface area contributed by atoms with Gasteiger partial charge < -0.3 is 14.8 Å². The molecule has 0 aromatic heterocycles. The second-order valence-electron chi connectivity index (χ2n) is 6.12. The van der Waals surface area contributed by atoms with Gasteiger partial charge in [0.1, 0.15) is 11.5 Å². The third-order valence-corrected chi connectivity index (χ3v) is 3.92. The standard InChI is InChI=1S/C20H25NO3/c1-13(2)18-8-6-7-14(3)19(18)21-20(22)15(4)24-17-11-9-16(23-5)10-12-17/h6-13,15H,1-5H3,(H,21,22). The van der Waals surface area contributed by atoms with Crippen molar-refractivity contribution in [2.45, 2.75) is 39.7 Å². The van der Waals surface area contributed by atoms with Crippen LogP contribution in [0.15, 0.2) is 42.5 Å². The molecule has 0 aliphatic heterocycles. The molecule has 0 saturated heterocycles. The van der Waals surface area contributed by atoms with Crippen molar-refractivity contribution in [1.29, 1.82) is 0 Å². The summed E-state index contributed by atoms with van der Waals surface area (Å²) < 4.78 is 10.8. The van der Waals surface area contributed by atoms with Gasteiger partial charge in [0, 0.05) is 5.69 Å². The molecule has 0 saturated carbocycles. The van der Waals surface area contributed by atoms with Crippen LogP contribution in [0.1, 0.15) is 37.8 Å². The van der Waals surface area contributed by atoms with E-state index in [1.54, 1.807) is 38.3 Å². The lowest BCUT2D eigenvalue weighted by Crippen LogP contribution is -2.30. The number of nitrogens with one attached hydrogen (secondary N) is 1. The van der Waals surface area contributed by atoms with Gasteiger partial charge in [-0.25, -0.2) is 0 Å². The number of methoxy groups -OCH3 is 1. The molecule has 128 valence electrons. The minimum absolute atomic E-state index is 0.165. The maximum Gasteiger partial charge on any atom is 0.265 e. The summed E-state index contributed by atoms with van der Waals surface area (Å²) in [6, 6.07) is 13.2. The highest BCUT2D eigenvalue weighted by Gasteiger charge is 2.18. The summed E-state index contributed by atoms with van der Waals surface area (Å²) in [7, 11) is 1.61. The average Bonchev–Trinajstić information content (AvgIpc) is 2.57. The molecule has 2 aromatic carbocycles. The van der Waals surface area contributed by atoms with Gasteiger partial charge >= 0.3 is 0 Å². The maximum atomic E-state index is 12.5. The van der Waals surface area contributed by atoms with Crippen molar-refractivity contribution >= 4 is 11.6 Å². The Morgan fingerprint density at radius 3 is 2.21 bits per heavy atom. The smallest absolute Gasteiger partial charge is 0.265 e. The van der Waals surface area contributed by atoms with Crippen LogP contribution in [0.5, 0.6) is 11.5 Å². The molecule has 0 aliphatic carbocycles. The quantitative estimate of drug-likeness (QED) is 0.848. The van der Waals surface area contributed by atoms with Crippen molar-refractivity contribution < 1.29 is 14.3 Å². The van der Waals surface area contributed by atoms with Crippen molar-refractivity contribution in [3.8, 4) is 11.5 Å². The number of carbonyl (C=O) groups excluding carboxylic acids is 1. The number of anilines is 1. The number of ether oxygens (including phenoxy) is 2. The molecule has 1 unspecified atom stereocenters. The summed E-state index contributed by atoms with van der Waals surface area (Å²) in [6.07, 6.45) is -0.599. The van der Waals surface area contributed by atoms with Crippen molar-refractivity contribution in [3.05, 3.63) is 53.6 Å². The molecule has 4 nitrogen and oxygen atoms in total. The van der Waals surface area contributed by atoms with E-state index in [2.05, 4.69) is 19.2 Å². The fourth-order valence-electron chi connectivity index (χ4n) is 2.48. The van der Waals surface area contributed by atoms with E-state index in [1.807, 2.05) is 25.1 Å². The van der Waals surface area contributed by atoms with Crippen LogP contribution < -0.4 is 14.8 Å². The Labute approximate surface area is 143 Å². The largest absolute Gasteiger partial charge is 0.497 e. The highest BCUT2D eigenvalue weighted by molar-refractivity contribution is 5.95. The van der Waals surface area contributed by atoms with Gasteiger partial charge in [0.2, 0.25) is 0 Å². The van der Waals surface area contributed by atoms with Gasteiger partial charge in [-0.1, -0.05) is 32.0 Å². The summed E-state index contributed by atoms with van der Waals surface area (Å²) in [5.41, 5.74) is 3.05. The molecule has 0 spiro atoms. The Bertz CT molecular complexity index is 693. The van der Waals surface area contributed by atoms with Crippen LogP contribution in [0, 0.1) is 6.92 Å². The zero-order chi connectivity index (χ0) is 17.7. The van der Waals surface area contributed by atoms with Crippen LogP contribution in [0.4, 0.5) is 5.69 Å². The molecule has 0 aliphatic rings. The van der Waals surface area contributed by atoms with Crippen LogP contribution >= 0.6 is 0 Å². The Kier molecular flexibility index (Phi) is 5.85. The first kappa shape index (κ1) is 17.9. The van der Waals surface area contributed by atoms with Gasteiger partial charge in [0.05, 0.1) is 7.11 Å². The molecule has 2 aromatic rings. The molecule has 0 fully saturated rings. The molecule has 4 heteroatoms. The molecule has 1 atom stereocenters. The minimum atomic E-state index is -0.599. The normalized spacial score (nSPS) is 11.9. The van der Waals surface area contributed by atoms with E-state index in [0.717, 1.165) is 22.6 Å². The minimum Gasteiger partial charge on any atom is -0.497 e. The Morgan fingerprint density at radius 1 is 1.00 bits per heavy atom. The lowest BCUT2D eigenvalue weighted by Gasteiger charge is -2.19. The van der Waals surface area contributed by atoms with Gasteiger partial charge in [0.25, 0.3) is 5.91 Å². The van der Waals surface area contributed by atoms with Crippen LogP contribution in [0.25, 0.3) is 0 Å². The van der Waals surface area contributed by atoms with Crippen LogP contribution in [-0.4, -0.2) is 19.1 Å². The molecule has 2 rings (SSSR count). The molecular weight excluding hydrogens is 302 g/mol. The van der Waals surface area contributed by atoms with Gasteiger partial charge in [-0.05, 0) is 55.2 Å². The number of para-hydroxylation sites is 1. The highest BCUT2D eigenvalue weighted by atomic mass is 16.5. The summed E-state index contributed by atoms with van der Waals surface area (Å²) in [6.45, 7) is 7.97. The lowest BCUT2D eigenvalue weighted by atomic mass is 9.98. The number of amides is 1. The topological polar surface area (TPSA) is 47.6 Å². The molecule has 1 amide bonds. The number of hydrogen-bond acceptors (Lipinski definition) is 3. The van der Waals surface area contributed by atoms with Crippen molar-refractivity contribution in [3.63, 3.8) is 0 Å². The first-order valence-electron chi connectivity index (χ1n) is 8.13. The summed E-state index contributed by atoms with van der Waals surface area (Å²) in [4.78, 5) is 12.5. The number of carbonyl (C=O) groups is 1. The molecule has 1 N–H and O–H groups in total. The van der Waals surface area contributed by atoms with Gasteiger partial charge in [0.15, 0.2) is 6.10 Å². The van der Waals surface area contributed by atoms with Crippen LogP contribution in [-0.2, 0) is 4.79 Å². The predicted molar refractivity (Wildman–Crippen MR) is 97.0 cm³/mol. The van der Waals surface area contributed by atoms with Crippen molar-refractivity contribution in [1.82, 2.24) is 0 Å². The monoisotopic (exact) mass is 327 g/mol. The number of aryl methyl sites for hydroxylation is 1. The fraction of sp³-hybridized carbons (Fsp3) is 0.350. The third-order valence-electron chi connectivity index (χ3n) is 3.92. The van der Waals surface area contributed by atoms with E-state index in [9.17, 15) is 4.79 Å². The van der Waals surface area contributed by atoms with E-state index in [0.29, 0.717) is 11.7 Å². The Morgan fingerprint density at radius 2 is 1.62 bits per heavy atom. The number of rotatable bonds is 6. The average molecular weight is 327 g/mol. The summed E-state index contributed by atoms with van der Waals surface area (Å²) in [5, 5.41) is 3.01. The predicted octanol–water partition coefficient (Wildman–Crippen LogP) is 4.53. The molecular formula is C20H25NO3. The summed E-state index contributed by atoms with van der Waals surface area (Å²) in [5.74, 6) is 1.55. The van der Waals surface area contributed by atoms with Crippen LogP contribution in [0.3, 0.4) is 0 Å². The SMILES string of the molecule is COc1ccc(OC(C)C(=O)Nc2c(C)cccc2C(C)C)cc1. The van der Waals surface area contributed by atoms with Gasteiger partial charge in [-0.15, -0.1) is 0 Å².